The average Bonchev–Trinajstić information content (AvgIpc) is 2.65. The second-order valence-corrected chi connectivity index (χ2v) is 3.99. The van der Waals surface area contributed by atoms with Crippen LogP contribution in [0.1, 0.15) is 27.2 Å². The van der Waals surface area contributed by atoms with Gasteiger partial charge in [-0.05, 0) is 6.92 Å². The summed E-state index contributed by atoms with van der Waals surface area (Å²) in [5.74, 6) is 0.0174. The summed E-state index contributed by atoms with van der Waals surface area (Å²) in [5, 5.41) is 10.1. The van der Waals surface area contributed by atoms with Crippen LogP contribution in [0.25, 0.3) is 0 Å². The fourth-order valence-electron chi connectivity index (χ4n) is 1.30. The summed E-state index contributed by atoms with van der Waals surface area (Å²) in [7, 11) is 0. The van der Waals surface area contributed by atoms with Crippen LogP contribution in [0, 0.1) is 0 Å². The maximum absolute atomic E-state index is 11.5. The Morgan fingerprint density at radius 2 is 2.31 bits per heavy atom. The Hall–Kier alpha value is -1.36. The van der Waals surface area contributed by atoms with Gasteiger partial charge in [-0.25, -0.2) is 0 Å². The lowest BCUT2D eigenvalue weighted by Gasteiger charge is -2.07. The van der Waals surface area contributed by atoms with Gasteiger partial charge >= 0.3 is 0 Å². The number of hydrogen-bond acceptors (Lipinski definition) is 3. The molecule has 0 spiro atoms. The van der Waals surface area contributed by atoms with Gasteiger partial charge in [-0.2, -0.15) is 5.10 Å². The molecule has 5 nitrogen and oxygen atoms in total. The summed E-state index contributed by atoms with van der Waals surface area (Å²) < 4.78 is 1.78. The Balaban J connectivity index is 2.28. The second-order valence-electron chi connectivity index (χ2n) is 3.99. The number of carbonyl (C=O) groups is 1. The van der Waals surface area contributed by atoms with Gasteiger partial charge in [-0.1, -0.05) is 13.8 Å². The van der Waals surface area contributed by atoms with Crippen LogP contribution in [-0.2, 0) is 11.3 Å². The van der Waals surface area contributed by atoms with Gasteiger partial charge in [-0.3, -0.25) is 9.48 Å². The molecule has 0 aliphatic rings. The molecule has 1 amide bonds. The highest BCUT2D eigenvalue weighted by Gasteiger charge is 2.04. The minimum Gasteiger partial charge on any atom is -0.323 e. The highest BCUT2D eigenvalue weighted by atomic mass is 16.1. The van der Waals surface area contributed by atoms with Crippen LogP contribution >= 0.6 is 0 Å². The third-order valence-corrected chi connectivity index (χ3v) is 2.15. The summed E-state index contributed by atoms with van der Waals surface area (Å²) in [5.41, 5.74) is 0.761. The number of nitrogens with zero attached hydrogens (tertiary/aromatic N) is 2. The van der Waals surface area contributed by atoms with Gasteiger partial charge in [0.2, 0.25) is 5.91 Å². The third kappa shape index (κ3) is 4.44. The number of hydrogen-bond donors (Lipinski definition) is 2. The molecule has 1 heterocycles. The predicted molar refractivity (Wildman–Crippen MR) is 64.3 cm³/mol. The van der Waals surface area contributed by atoms with Crippen molar-refractivity contribution in [1.29, 1.82) is 0 Å². The van der Waals surface area contributed by atoms with Crippen molar-refractivity contribution in [2.75, 3.05) is 11.9 Å². The van der Waals surface area contributed by atoms with E-state index in [4.69, 9.17) is 0 Å². The molecule has 1 rings (SSSR count). The molecule has 0 saturated heterocycles. The highest BCUT2D eigenvalue weighted by molar-refractivity contribution is 5.90. The molecule has 0 radical (unpaired) electrons. The topological polar surface area (TPSA) is 59.0 Å². The van der Waals surface area contributed by atoms with E-state index in [1.165, 1.54) is 0 Å². The molecule has 0 saturated carbocycles. The van der Waals surface area contributed by atoms with Gasteiger partial charge in [0, 0.05) is 31.7 Å². The van der Waals surface area contributed by atoms with E-state index in [0.29, 0.717) is 19.0 Å². The molecular weight excluding hydrogens is 204 g/mol. The van der Waals surface area contributed by atoms with E-state index >= 15 is 0 Å². The molecule has 0 atom stereocenters. The van der Waals surface area contributed by atoms with Crippen LogP contribution in [0.5, 0.6) is 0 Å². The summed E-state index contributed by atoms with van der Waals surface area (Å²) in [6.07, 6.45) is 3.97. The number of rotatable bonds is 6. The van der Waals surface area contributed by atoms with E-state index < -0.39 is 0 Å². The van der Waals surface area contributed by atoms with Crippen LogP contribution in [0.2, 0.25) is 0 Å². The molecule has 0 fully saturated rings. The van der Waals surface area contributed by atoms with Crippen molar-refractivity contribution in [1.82, 2.24) is 15.1 Å². The number of amides is 1. The average molecular weight is 224 g/mol. The van der Waals surface area contributed by atoms with E-state index in [2.05, 4.69) is 29.6 Å². The predicted octanol–water partition coefficient (Wildman–Crippen LogP) is 1.23. The number of aryl methyl sites for hydroxylation is 1. The summed E-state index contributed by atoms with van der Waals surface area (Å²) in [6, 6.07) is 0.413. The normalized spacial score (nSPS) is 10.8. The SMILES string of the molecule is CCn1cc(NC(=O)CCNC(C)C)cn1. The smallest absolute Gasteiger partial charge is 0.225 e. The van der Waals surface area contributed by atoms with Crippen LogP contribution in [-0.4, -0.2) is 28.3 Å². The van der Waals surface area contributed by atoms with Gasteiger partial charge in [0.25, 0.3) is 0 Å². The molecule has 1 aromatic heterocycles. The summed E-state index contributed by atoms with van der Waals surface area (Å²) in [4.78, 5) is 11.5. The van der Waals surface area contributed by atoms with Gasteiger partial charge < -0.3 is 10.6 Å². The number of carbonyl (C=O) groups excluding carboxylic acids is 1. The molecule has 90 valence electrons. The number of nitrogens with one attached hydrogen (secondary N) is 2. The van der Waals surface area contributed by atoms with Crippen LogP contribution in [0.15, 0.2) is 12.4 Å². The van der Waals surface area contributed by atoms with Crippen molar-refractivity contribution in [3.05, 3.63) is 12.4 Å². The third-order valence-electron chi connectivity index (χ3n) is 2.15. The van der Waals surface area contributed by atoms with Crippen molar-refractivity contribution < 1.29 is 4.79 Å². The zero-order valence-electron chi connectivity index (χ0n) is 10.2. The molecule has 0 unspecified atom stereocenters. The first-order valence-corrected chi connectivity index (χ1v) is 5.67. The van der Waals surface area contributed by atoms with Crippen molar-refractivity contribution in [2.45, 2.75) is 39.8 Å². The maximum atomic E-state index is 11.5. The molecule has 5 heteroatoms. The first-order valence-electron chi connectivity index (χ1n) is 5.67. The van der Waals surface area contributed by atoms with E-state index in [9.17, 15) is 4.79 Å². The Morgan fingerprint density at radius 1 is 1.56 bits per heavy atom. The Bertz CT molecular complexity index is 332. The largest absolute Gasteiger partial charge is 0.323 e. The van der Waals surface area contributed by atoms with E-state index in [1.54, 1.807) is 10.9 Å². The lowest BCUT2D eigenvalue weighted by atomic mass is 10.3. The maximum Gasteiger partial charge on any atom is 0.225 e. The van der Waals surface area contributed by atoms with Crippen LogP contribution in [0.4, 0.5) is 5.69 Å². The first kappa shape index (κ1) is 12.7. The Kier molecular flexibility index (Phi) is 4.98. The van der Waals surface area contributed by atoms with Crippen molar-refractivity contribution >= 4 is 11.6 Å². The van der Waals surface area contributed by atoms with E-state index in [-0.39, 0.29) is 5.91 Å². The Labute approximate surface area is 96.2 Å². The fraction of sp³-hybridized carbons (Fsp3) is 0.636. The molecule has 0 aromatic carbocycles. The van der Waals surface area contributed by atoms with Crippen molar-refractivity contribution in [2.24, 2.45) is 0 Å². The monoisotopic (exact) mass is 224 g/mol. The lowest BCUT2D eigenvalue weighted by molar-refractivity contribution is -0.116. The molecule has 16 heavy (non-hydrogen) atoms. The highest BCUT2D eigenvalue weighted by Crippen LogP contribution is 2.04. The molecular formula is C11H20N4O. The first-order chi connectivity index (χ1) is 7.61. The molecule has 0 bridgehead atoms. The molecule has 0 aliphatic carbocycles. The number of anilines is 1. The van der Waals surface area contributed by atoms with Gasteiger partial charge in [-0.15, -0.1) is 0 Å². The quantitative estimate of drug-likeness (QED) is 0.764. The minimum absolute atomic E-state index is 0.0174. The minimum atomic E-state index is 0.0174. The van der Waals surface area contributed by atoms with Crippen LogP contribution < -0.4 is 10.6 Å². The summed E-state index contributed by atoms with van der Waals surface area (Å²) in [6.45, 7) is 7.63. The van der Waals surface area contributed by atoms with Crippen LogP contribution in [0.3, 0.4) is 0 Å². The Morgan fingerprint density at radius 3 is 2.88 bits per heavy atom. The van der Waals surface area contributed by atoms with Gasteiger partial charge in [0.1, 0.15) is 0 Å². The zero-order chi connectivity index (χ0) is 12.0. The van der Waals surface area contributed by atoms with E-state index in [0.717, 1.165) is 12.2 Å². The molecule has 1 aromatic rings. The fourth-order valence-corrected chi connectivity index (χ4v) is 1.30. The number of aromatic nitrogens is 2. The van der Waals surface area contributed by atoms with Crippen molar-refractivity contribution in [3.63, 3.8) is 0 Å². The zero-order valence-corrected chi connectivity index (χ0v) is 10.2. The second kappa shape index (κ2) is 6.27. The van der Waals surface area contributed by atoms with Gasteiger partial charge in [0.05, 0.1) is 11.9 Å². The molecule has 0 aliphatic heterocycles. The lowest BCUT2D eigenvalue weighted by Crippen LogP contribution is -2.27. The standard InChI is InChI=1S/C11H20N4O/c1-4-15-8-10(7-13-15)14-11(16)5-6-12-9(2)3/h7-9,12H,4-6H2,1-3H3,(H,14,16). The van der Waals surface area contributed by atoms with E-state index in [1.807, 2.05) is 13.1 Å². The summed E-state index contributed by atoms with van der Waals surface area (Å²) >= 11 is 0. The van der Waals surface area contributed by atoms with Crippen molar-refractivity contribution in [3.8, 4) is 0 Å². The molecule has 2 N–H and O–H groups in total. The van der Waals surface area contributed by atoms with Gasteiger partial charge in [0.15, 0.2) is 0 Å².